The zero-order valence-electron chi connectivity index (χ0n) is 12.9. The summed E-state index contributed by atoms with van der Waals surface area (Å²) in [7, 11) is 1.59. The molecule has 1 fully saturated rings. The maximum absolute atomic E-state index is 11.8. The molecule has 24 heavy (non-hydrogen) atoms. The number of carbonyl (C=O) groups excluding carboxylic acids is 1. The minimum absolute atomic E-state index is 0.00876. The minimum Gasteiger partial charge on any atom is -0.477 e. The molecule has 1 aliphatic carbocycles. The van der Waals surface area contributed by atoms with E-state index in [1.165, 1.54) is 10.7 Å². The third-order valence-corrected chi connectivity index (χ3v) is 4.05. The summed E-state index contributed by atoms with van der Waals surface area (Å²) >= 11 is 0. The Morgan fingerprint density at radius 3 is 2.75 bits per heavy atom. The van der Waals surface area contributed by atoms with Crippen molar-refractivity contribution >= 4 is 23.3 Å². The Kier molecular flexibility index (Phi) is 3.12. The average molecular weight is 325 g/mol. The molecule has 3 aromatic heterocycles. The Morgan fingerprint density at radius 2 is 2.08 bits per heavy atom. The van der Waals surface area contributed by atoms with Gasteiger partial charge in [-0.3, -0.25) is 9.48 Å². The van der Waals surface area contributed by atoms with Crippen molar-refractivity contribution in [3.63, 3.8) is 0 Å². The number of amides is 1. The predicted molar refractivity (Wildman–Crippen MR) is 85.7 cm³/mol. The van der Waals surface area contributed by atoms with Crippen LogP contribution < -0.4 is 5.32 Å². The average Bonchev–Trinajstić information content (AvgIpc) is 3.20. The number of aromatic nitrogens is 4. The number of pyridine rings is 1. The highest BCUT2D eigenvalue weighted by atomic mass is 16.4. The monoisotopic (exact) mass is 325 g/mol. The predicted octanol–water partition coefficient (Wildman–Crippen LogP) is 1.78. The molecule has 8 heteroatoms. The van der Waals surface area contributed by atoms with Crippen LogP contribution in [-0.4, -0.2) is 36.1 Å². The van der Waals surface area contributed by atoms with Gasteiger partial charge >= 0.3 is 5.97 Å². The van der Waals surface area contributed by atoms with Crippen LogP contribution in [0.3, 0.4) is 0 Å². The zero-order valence-corrected chi connectivity index (χ0v) is 12.9. The molecule has 3 heterocycles. The fourth-order valence-electron chi connectivity index (χ4n) is 2.59. The lowest BCUT2D eigenvalue weighted by molar-refractivity contribution is -0.117. The number of carboxylic acid groups (broad SMARTS) is 1. The molecule has 122 valence electrons. The highest BCUT2D eigenvalue weighted by Crippen LogP contribution is 2.30. The molecular formula is C16H15N5O3. The Bertz CT molecular complexity index is 967. The number of carbonyl (C=O) groups is 2. The third kappa shape index (κ3) is 2.51. The second-order valence-electron chi connectivity index (χ2n) is 5.92. The Hall–Kier alpha value is -3.16. The first-order chi connectivity index (χ1) is 11.5. The number of hydrogen-bond donors (Lipinski definition) is 2. The van der Waals surface area contributed by atoms with E-state index in [1.807, 2.05) is 12.3 Å². The van der Waals surface area contributed by atoms with Crippen LogP contribution in [0.25, 0.3) is 16.9 Å². The number of anilines is 1. The molecule has 4 rings (SSSR count). The summed E-state index contributed by atoms with van der Waals surface area (Å²) in [5.74, 6) is -0.385. The molecule has 3 aromatic rings. The maximum Gasteiger partial charge on any atom is 0.354 e. The molecule has 0 radical (unpaired) electrons. The van der Waals surface area contributed by atoms with E-state index in [2.05, 4.69) is 15.4 Å². The first-order valence-corrected chi connectivity index (χ1v) is 7.58. The molecule has 0 aromatic carbocycles. The number of imidazole rings is 1. The highest BCUT2D eigenvalue weighted by Gasteiger charge is 2.30. The van der Waals surface area contributed by atoms with Gasteiger partial charge in [0.2, 0.25) is 5.91 Å². The summed E-state index contributed by atoms with van der Waals surface area (Å²) in [5.41, 5.74) is 2.14. The normalized spacial score (nSPS) is 14.0. The largest absolute Gasteiger partial charge is 0.477 e. The second kappa shape index (κ2) is 5.19. The summed E-state index contributed by atoms with van der Waals surface area (Å²) in [6.07, 6.45) is 5.42. The fourth-order valence-corrected chi connectivity index (χ4v) is 2.59. The van der Waals surface area contributed by atoms with Gasteiger partial charge in [0.1, 0.15) is 11.3 Å². The molecule has 1 amide bonds. The van der Waals surface area contributed by atoms with Gasteiger partial charge < -0.3 is 14.8 Å². The van der Waals surface area contributed by atoms with Gasteiger partial charge in [-0.05, 0) is 31.0 Å². The molecule has 0 spiro atoms. The molecular weight excluding hydrogens is 310 g/mol. The number of fused-ring (bicyclic) bond motifs is 1. The Morgan fingerprint density at radius 1 is 1.29 bits per heavy atom. The van der Waals surface area contributed by atoms with Crippen molar-refractivity contribution in [1.29, 1.82) is 0 Å². The fraction of sp³-hybridized carbons (Fsp3) is 0.250. The van der Waals surface area contributed by atoms with E-state index in [4.69, 9.17) is 5.11 Å². The van der Waals surface area contributed by atoms with Gasteiger partial charge in [-0.1, -0.05) is 0 Å². The second-order valence-corrected chi connectivity index (χ2v) is 5.92. The van der Waals surface area contributed by atoms with Crippen LogP contribution in [0.15, 0.2) is 30.6 Å². The van der Waals surface area contributed by atoms with Crippen molar-refractivity contribution in [3.8, 4) is 11.3 Å². The first kappa shape index (κ1) is 14.4. The van der Waals surface area contributed by atoms with Crippen molar-refractivity contribution in [3.05, 3.63) is 36.3 Å². The summed E-state index contributed by atoms with van der Waals surface area (Å²) in [4.78, 5) is 27.3. The topological polar surface area (TPSA) is 102 Å². The number of aryl methyl sites for hydroxylation is 1. The van der Waals surface area contributed by atoms with Crippen molar-refractivity contribution < 1.29 is 14.7 Å². The van der Waals surface area contributed by atoms with Crippen molar-refractivity contribution in [2.24, 2.45) is 13.0 Å². The quantitative estimate of drug-likeness (QED) is 0.761. The van der Waals surface area contributed by atoms with Crippen molar-refractivity contribution in [1.82, 2.24) is 19.2 Å². The van der Waals surface area contributed by atoms with Crippen LogP contribution >= 0.6 is 0 Å². The van der Waals surface area contributed by atoms with E-state index < -0.39 is 5.97 Å². The Balaban J connectivity index is 1.66. The minimum atomic E-state index is -1.02. The smallest absolute Gasteiger partial charge is 0.354 e. The summed E-state index contributed by atoms with van der Waals surface area (Å²) in [6, 6.07) is 5.15. The van der Waals surface area contributed by atoms with Gasteiger partial charge in [0, 0.05) is 24.7 Å². The van der Waals surface area contributed by atoms with E-state index in [1.54, 1.807) is 23.7 Å². The molecule has 2 N–H and O–H groups in total. The van der Waals surface area contributed by atoms with E-state index in [9.17, 15) is 9.59 Å². The number of rotatable bonds is 4. The van der Waals surface area contributed by atoms with Gasteiger partial charge in [0.05, 0.1) is 11.9 Å². The standard InChI is InChI=1S/C16H15N5O3/c1-20-12(16(23)24)6-11(19-20)10-4-5-14-17-13(8-21(14)7-10)18-15(22)9-2-3-9/h4-9H,2-3H2,1H3,(H,18,22)(H,23,24). The first-order valence-electron chi connectivity index (χ1n) is 7.58. The Labute approximate surface area is 136 Å². The molecule has 0 saturated heterocycles. The van der Waals surface area contributed by atoms with Gasteiger partial charge in [0.25, 0.3) is 0 Å². The molecule has 1 aliphatic rings. The molecule has 0 aliphatic heterocycles. The summed E-state index contributed by atoms with van der Waals surface area (Å²) < 4.78 is 3.12. The van der Waals surface area contributed by atoms with Gasteiger partial charge in [0.15, 0.2) is 5.82 Å². The van der Waals surface area contributed by atoms with Gasteiger partial charge in [-0.2, -0.15) is 5.10 Å². The summed E-state index contributed by atoms with van der Waals surface area (Å²) in [5, 5.41) is 16.2. The third-order valence-electron chi connectivity index (χ3n) is 4.05. The van der Waals surface area contributed by atoms with E-state index in [0.717, 1.165) is 18.4 Å². The number of carboxylic acids is 1. The van der Waals surface area contributed by atoms with Crippen LogP contribution in [0.1, 0.15) is 23.3 Å². The van der Waals surface area contributed by atoms with Crippen LogP contribution in [0.5, 0.6) is 0 Å². The SMILES string of the molecule is Cn1nc(-c2ccc3nc(NC(=O)C4CC4)cn3c2)cc1C(=O)O. The van der Waals surface area contributed by atoms with Crippen molar-refractivity contribution in [2.45, 2.75) is 12.8 Å². The van der Waals surface area contributed by atoms with Crippen LogP contribution in [0.2, 0.25) is 0 Å². The maximum atomic E-state index is 11.8. The number of nitrogens with one attached hydrogen (secondary N) is 1. The highest BCUT2D eigenvalue weighted by molar-refractivity contribution is 5.93. The molecule has 8 nitrogen and oxygen atoms in total. The van der Waals surface area contributed by atoms with Crippen LogP contribution in [0, 0.1) is 5.92 Å². The zero-order chi connectivity index (χ0) is 16.8. The number of nitrogens with zero attached hydrogens (tertiary/aromatic N) is 4. The van der Waals surface area contributed by atoms with Gasteiger partial charge in [-0.15, -0.1) is 0 Å². The molecule has 0 unspecified atom stereocenters. The van der Waals surface area contributed by atoms with E-state index >= 15 is 0 Å². The molecule has 1 saturated carbocycles. The number of aromatic carboxylic acids is 1. The van der Waals surface area contributed by atoms with E-state index in [-0.39, 0.29) is 17.5 Å². The van der Waals surface area contributed by atoms with E-state index in [0.29, 0.717) is 17.2 Å². The lowest BCUT2D eigenvalue weighted by Crippen LogP contribution is -2.13. The van der Waals surface area contributed by atoms with Crippen LogP contribution in [-0.2, 0) is 11.8 Å². The lowest BCUT2D eigenvalue weighted by Gasteiger charge is -1.98. The molecule has 0 atom stereocenters. The molecule has 0 bridgehead atoms. The van der Waals surface area contributed by atoms with Gasteiger partial charge in [-0.25, -0.2) is 9.78 Å². The lowest BCUT2D eigenvalue weighted by atomic mass is 10.2. The van der Waals surface area contributed by atoms with Crippen molar-refractivity contribution in [2.75, 3.05) is 5.32 Å². The van der Waals surface area contributed by atoms with Crippen LogP contribution in [0.4, 0.5) is 5.82 Å². The number of hydrogen-bond acceptors (Lipinski definition) is 4. The summed E-state index contributed by atoms with van der Waals surface area (Å²) in [6.45, 7) is 0.